The Balaban J connectivity index is 0.726. The van der Waals surface area contributed by atoms with Gasteiger partial charge in [0.1, 0.15) is 17.9 Å². The molecule has 398 valence electrons. The number of fused-ring (bicyclic) bond motifs is 1. The third-order valence-electron chi connectivity index (χ3n) is 14.4. The van der Waals surface area contributed by atoms with Gasteiger partial charge in [0.25, 0.3) is 11.8 Å². The first-order valence-electron chi connectivity index (χ1n) is 26.2. The maximum Gasteiger partial charge on any atom is 0.256 e. The van der Waals surface area contributed by atoms with Crippen molar-refractivity contribution in [3.05, 3.63) is 93.1 Å². The van der Waals surface area contributed by atoms with E-state index in [0.29, 0.717) is 71.8 Å². The van der Waals surface area contributed by atoms with E-state index in [1.165, 1.54) is 23.1 Å². The Morgan fingerprint density at radius 2 is 1.59 bits per heavy atom. The summed E-state index contributed by atoms with van der Waals surface area (Å²) in [6.07, 6.45) is 8.88. The predicted octanol–water partition coefficient (Wildman–Crippen LogP) is 7.28. The second-order valence-corrected chi connectivity index (χ2v) is 22.0. The second-order valence-electron chi connectivity index (χ2n) is 21.1. The van der Waals surface area contributed by atoms with Gasteiger partial charge in [0.2, 0.25) is 23.6 Å². The molecule has 6 N–H and O–H groups in total. The quantitative estimate of drug-likeness (QED) is 0.0345. The fourth-order valence-electron chi connectivity index (χ4n) is 10.1. The normalized spacial score (nSPS) is 17.8. The van der Waals surface area contributed by atoms with Crippen LogP contribution in [-0.4, -0.2) is 129 Å². The Labute approximate surface area is 438 Å². The van der Waals surface area contributed by atoms with Crippen molar-refractivity contribution in [2.75, 3.05) is 51.1 Å². The van der Waals surface area contributed by atoms with Crippen molar-refractivity contribution in [3.63, 3.8) is 0 Å². The highest BCUT2D eigenvalue weighted by molar-refractivity contribution is 7.13. The number of thiazole rings is 1. The van der Waals surface area contributed by atoms with Gasteiger partial charge >= 0.3 is 0 Å². The van der Waals surface area contributed by atoms with E-state index >= 15 is 0 Å². The molecule has 3 atom stereocenters. The lowest BCUT2D eigenvalue weighted by Gasteiger charge is -2.35. The first kappa shape index (κ1) is 55.5. The van der Waals surface area contributed by atoms with Gasteiger partial charge in [0.15, 0.2) is 0 Å². The Morgan fingerprint density at radius 1 is 0.905 bits per heavy atom. The number of carbonyl (C=O) groups excluding carboxylic acids is 6. The molecule has 18 heteroatoms. The molecule has 7 rings (SSSR count). The highest BCUT2D eigenvalue weighted by Crippen LogP contribution is 2.35. The number of aryl methyl sites for hydroxylation is 2. The number of hydrogen-bond donors (Lipinski definition) is 6. The van der Waals surface area contributed by atoms with Crippen molar-refractivity contribution in [1.82, 2.24) is 40.6 Å². The van der Waals surface area contributed by atoms with Crippen LogP contribution < -0.4 is 21.3 Å². The van der Waals surface area contributed by atoms with Gasteiger partial charge in [-0.2, -0.15) is 0 Å². The number of nitrogens with one attached hydrogen (secondary N) is 5. The van der Waals surface area contributed by atoms with Crippen LogP contribution in [0.2, 0.25) is 0 Å². The first-order chi connectivity index (χ1) is 35.4. The van der Waals surface area contributed by atoms with E-state index in [4.69, 9.17) is 0 Å². The average molecular weight is 1040 g/mol. The van der Waals surface area contributed by atoms with Crippen molar-refractivity contribution in [2.45, 2.75) is 137 Å². The standard InChI is InChI=1S/C56H74FN9O7S/c1-35-45(31-43-42-29-40(57)21-22-44(42)62-52(43)70)61-36(2)49(35)54(72)58-23-14-24-64-25-27-65(28-26-64)48(69)16-13-11-9-7-8-10-12-15-47(68)63-51(56(4,5)6)55(73)66-33-41(67)30-46(66)53(71)59-32-38-17-19-39(20-18-38)50-37(3)60-34-74-50/h17-22,29,31,34,41,46,51,61,67H,7-16,23-28,30,32-33H2,1-6H3,(H,58,72)(H,59,71)(H,62,70)(H,63,68)/b43-31-/t41-,46+,51-/m1/s1. The number of hydrogen-bond acceptors (Lipinski definition) is 10. The molecule has 2 saturated heterocycles. The number of amides is 6. The minimum absolute atomic E-state index is 0.0206. The van der Waals surface area contributed by atoms with Crippen LogP contribution in [0.5, 0.6) is 0 Å². The number of β-amino-alcohol motifs (C(OH)–C–C–N with tert-alkyl or cyclic N) is 1. The lowest BCUT2D eigenvalue weighted by atomic mass is 9.85. The molecule has 2 fully saturated rings. The van der Waals surface area contributed by atoms with Gasteiger partial charge in [0, 0.05) is 87.7 Å². The molecular weight excluding hydrogens is 962 g/mol. The van der Waals surface area contributed by atoms with Crippen LogP contribution in [0.1, 0.15) is 136 Å². The third-order valence-corrected chi connectivity index (χ3v) is 15.4. The number of nitrogens with zero attached hydrogens (tertiary/aromatic N) is 4. The average Bonchev–Trinajstić information content (AvgIpc) is 4.13. The Kier molecular flexibility index (Phi) is 19.0. The Morgan fingerprint density at radius 3 is 2.27 bits per heavy atom. The van der Waals surface area contributed by atoms with Crippen LogP contribution in [-0.2, 0) is 30.5 Å². The summed E-state index contributed by atoms with van der Waals surface area (Å²) in [4.78, 5) is 93.9. The molecule has 3 aliphatic rings. The highest BCUT2D eigenvalue weighted by Gasteiger charge is 2.44. The number of unbranched alkanes of at least 4 members (excludes halogenated alkanes) is 6. The second kappa shape index (κ2) is 25.3. The van der Waals surface area contributed by atoms with E-state index in [9.17, 15) is 38.3 Å². The smallest absolute Gasteiger partial charge is 0.256 e. The number of benzene rings is 2. The van der Waals surface area contributed by atoms with Gasteiger partial charge in [-0.1, -0.05) is 77.1 Å². The summed E-state index contributed by atoms with van der Waals surface area (Å²) >= 11 is 1.58. The predicted molar refractivity (Wildman–Crippen MR) is 286 cm³/mol. The van der Waals surface area contributed by atoms with Gasteiger partial charge in [-0.3, -0.25) is 33.7 Å². The molecule has 0 saturated carbocycles. The molecule has 0 aliphatic carbocycles. The SMILES string of the molecule is Cc1ncsc1-c1ccc(CNC(=O)[C@@H]2C[C@@H](O)CN2C(=O)[C@@H](NC(=O)CCCCCCCCCC(=O)N2CCN(CCCNC(=O)c3c(C)[nH]c(/C=C4\C(=O)Nc5ccc(F)cc54)c3C)CC2)C(C)(C)C)cc1. The molecule has 0 bridgehead atoms. The van der Waals surface area contributed by atoms with E-state index in [0.717, 1.165) is 86.3 Å². The van der Waals surface area contributed by atoms with Crippen LogP contribution in [0.15, 0.2) is 48.0 Å². The molecule has 16 nitrogen and oxygen atoms in total. The molecule has 3 aliphatic heterocycles. The zero-order valence-electron chi connectivity index (χ0n) is 43.8. The lowest BCUT2D eigenvalue weighted by molar-refractivity contribution is -0.144. The number of piperazine rings is 1. The molecule has 0 spiro atoms. The van der Waals surface area contributed by atoms with E-state index in [2.05, 4.69) is 36.1 Å². The molecule has 2 aromatic heterocycles. The van der Waals surface area contributed by atoms with Crippen molar-refractivity contribution < 1.29 is 38.3 Å². The topological polar surface area (TPSA) is 209 Å². The van der Waals surface area contributed by atoms with Crippen LogP contribution in [0.4, 0.5) is 10.1 Å². The zero-order valence-corrected chi connectivity index (χ0v) is 44.7. The number of likely N-dealkylation sites (tertiary alicyclic amines) is 1. The molecule has 6 amide bonds. The number of carbonyl (C=O) groups is 6. The lowest BCUT2D eigenvalue weighted by Crippen LogP contribution is -2.57. The molecule has 74 heavy (non-hydrogen) atoms. The summed E-state index contributed by atoms with van der Waals surface area (Å²) < 4.78 is 14.0. The minimum atomic E-state index is -0.867. The molecule has 4 aromatic rings. The van der Waals surface area contributed by atoms with Gasteiger partial charge in [0.05, 0.1) is 33.3 Å². The van der Waals surface area contributed by atoms with Crippen LogP contribution in [0.25, 0.3) is 22.1 Å². The first-order valence-corrected chi connectivity index (χ1v) is 27.1. The number of aromatic amines is 1. The van der Waals surface area contributed by atoms with Gasteiger partial charge < -0.3 is 41.2 Å². The number of aromatic nitrogens is 2. The molecule has 0 unspecified atom stereocenters. The number of halogens is 1. The molecule has 5 heterocycles. The van der Waals surface area contributed by atoms with Gasteiger partial charge in [-0.15, -0.1) is 11.3 Å². The summed E-state index contributed by atoms with van der Waals surface area (Å²) in [5, 5.41) is 22.3. The Hall–Kier alpha value is -6.24. The number of aliphatic hydroxyl groups excluding tert-OH is 1. The van der Waals surface area contributed by atoms with Gasteiger partial charge in [-0.05, 0) is 93.0 Å². The molecule has 0 radical (unpaired) electrons. The molecular formula is C56H74FN9O7S. The zero-order chi connectivity index (χ0) is 53.1. The van der Waals surface area contributed by atoms with Crippen molar-refractivity contribution >= 4 is 64.1 Å². The number of aliphatic hydroxyl groups is 1. The largest absolute Gasteiger partial charge is 0.391 e. The van der Waals surface area contributed by atoms with E-state index in [1.807, 2.05) is 76.2 Å². The summed E-state index contributed by atoms with van der Waals surface area (Å²) in [6, 6.07) is 10.4. The van der Waals surface area contributed by atoms with Crippen LogP contribution in [0, 0.1) is 32.0 Å². The van der Waals surface area contributed by atoms with E-state index in [1.54, 1.807) is 17.4 Å². The van der Waals surface area contributed by atoms with Gasteiger partial charge in [-0.25, -0.2) is 9.37 Å². The van der Waals surface area contributed by atoms with Crippen molar-refractivity contribution in [3.8, 4) is 10.4 Å². The number of H-pyrrole nitrogens is 1. The monoisotopic (exact) mass is 1040 g/mol. The maximum atomic E-state index is 14.0. The summed E-state index contributed by atoms with van der Waals surface area (Å²) in [5.41, 5.74) is 8.03. The summed E-state index contributed by atoms with van der Waals surface area (Å²) in [6.45, 7) is 15.8. The number of anilines is 1. The fraction of sp³-hybridized carbons (Fsp3) is 0.518. The van der Waals surface area contributed by atoms with Crippen molar-refractivity contribution in [2.24, 2.45) is 5.41 Å². The minimum Gasteiger partial charge on any atom is -0.391 e. The van der Waals surface area contributed by atoms with E-state index < -0.39 is 29.4 Å². The van der Waals surface area contributed by atoms with Crippen LogP contribution >= 0.6 is 11.3 Å². The maximum absolute atomic E-state index is 14.0. The Bertz CT molecular complexity index is 2680. The molecule has 2 aromatic carbocycles. The fourth-order valence-corrected chi connectivity index (χ4v) is 10.9. The third kappa shape index (κ3) is 14.3. The van der Waals surface area contributed by atoms with Crippen molar-refractivity contribution in [1.29, 1.82) is 0 Å². The van der Waals surface area contributed by atoms with E-state index in [-0.39, 0.29) is 61.4 Å². The summed E-state index contributed by atoms with van der Waals surface area (Å²) in [7, 11) is 0. The highest BCUT2D eigenvalue weighted by atomic mass is 32.1. The summed E-state index contributed by atoms with van der Waals surface area (Å²) in [5.74, 6) is -1.70. The van der Waals surface area contributed by atoms with Crippen LogP contribution in [0.3, 0.4) is 0 Å². The number of rotatable bonds is 22.